The summed E-state index contributed by atoms with van der Waals surface area (Å²) in [5.74, 6) is 0.0874. The third-order valence-electron chi connectivity index (χ3n) is 6.21. The van der Waals surface area contributed by atoms with Gasteiger partial charge in [0.1, 0.15) is 11.9 Å². The Morgan fingerprint density at radius 1 is 1.06 bits per heavy atom. The molecule has 2 aromatic carbocycles. The molecule has 0 amide bonds. The number of tetrazole rings is 1. The van der Waals surface area contributed by atoms with Crippen molar-refractivity contribution >= 4 is 15.5 Å². The molecular formula is C23H30FN6O2S+. The fourth-order valence-electron chi connectivity index (χ4n) is 4.39. The number of quaternary nitrogens is 1. The fraction of sp³-hybridized carbons (Fsp3) is 0.435. The molecule has 33 heavy (non-hydrogen) atoms. The second kappa shape index (κ2) is 9.96. The van der Waals surface area contributed by atoms with Crippen molar-refractivity contribution < 1.29 is 17.7 Å². The van der Waals surface area contributed by atoms with Crippen molar-refractivity contribution in [2.75, 3.05) is 31.1 Å². The Morgan fingerprint density at radius 3 is 2.36 bits per heavy atom. The number of piperazine rings is 1. The summed E-state index contributed by atoms with van der Waals surface area (Å²) in [6, 6.07) is 13.4. The van der Waals surface area contributed by atoms with Crippen LogP contribution >= 0.6 is 0 Å². The number of halogens is 1. The molecule has 176 valence electrons. The maximum atomic E-state index is 13.3. The van der Waals surface area contributed by atoms with Crippen LogP contribution in [0.5, 0.6) is 0 Å². The van der Waals surface area contributed by atoms with Crippen LogP contribution in [0.3, 0.4) is 0 Å². The molecule has 1 saturated heterocycles. The smallest absolute Gasteiger partial charge is 0.210 e. The SMILES string of the molecule is CCC[C@@H](c1nnnn1CS(=O)(=O)c1ccc(C)cc1)[NH+]1CCN(c2ccc(F)cc2)CC1. The normalized spacial score (nSPS) is 16.2. The topological polar surface area (TPSA) is 85.4 Å². The molecule has 1 aliphatic heterocycles. The fourth-order valence-corrected chi connectivity index (χ4v) is 5.60. The third kappa shape index (κ3) is 5.39. The Morgan fingerprint density at radius 2 is 1.73 bits per heavy atom. The van der Waals surface area contributed by atoms with Crippen LogP contribution in [0.1, 0.15) is 37.2 Å². The average molecular weight is 474 g/mol. The van der Waals surface area contributed by atoms with Crippen LogP contribution < -0.4 is 9.80 Å². The van der Waals surface area contributed by atoms with E-state index in [0.717, 1.165) is 50.3 Å². The minimum absolute atomic E-state index is 0.00795. The first-order valence-electron chi connectivity index (χ1n) is 11.3. The maximum Gasteiger partial charge on any atom is 0.210 e. The van der Waals surface area contributed by atoms with E-state index < -0.39 is 9.84 Å². The molecule has 1 aromatic heterocycles. The van der Waals surface area contributed by atoms with E-state index in [0.29, 0.717) is 5.82 Å². The quantitative estimate of drug-likeness (QED) is 0.537. The van der Waals surface area contributed by atoms with E-state index in [1.165, 1.54) is 21.7 Å². The molecule has 1 aliphatic rings. The van der Waals surface area contributed by atoms with Crippen LogP contribution in [0.4, 0.5) is 10.1 Å². The van der Waals surface area contributed by atoms with Crippen molar-refractivity contribution in [3.8, 4) is 0 Å². The van der Waals surface area contributed by atoms with Gasteiger partial charge in [-0.2, -0.15) is 0 Å². The lowest BCUT2D eigenvalue weighted by Gasteiger charge is -2.37. The molecule has 0 spiro atoms. The number of nitrogens with one attached hydrogen (secondary N) is 1. The molecular weight excluding hydrogens is 443 g/mol. The zero-order valence-corrected chi connectivity index (χ0v) is 19.8. The van der Waals surface area contributed by atoms with Crippen molar-refractivity contribution in [2.24, 2.45) is 0 Å². The van der Waals surface area contributed by atoms with Gasteiger partial charge in [0, 0.05) is 12.1 Å². The predicted molar refractivity (Wildman–Crippen MR) is 123 cm³/mol. The number of benzene rings is 2. The minimum atomic E-state index is -3.58. The van der Waals surface area contributed by atoms with Gasteiger partial charge in [0.25, 0.3) is 0 Å². The van der Waals surface area contributed by atoms with E-state index in [1.54, 1.807) is 36.4 Å². The summed E-state index contributed by atoms with van der Waals surface area (Å²) >= 11 is 0. The number of aryl methyl sites for hydroxylation is 1. The van der Waals surface area contributed by atoms with E-state index in [4.69, 9.17) is 0 Å². The number of nitrogens with zero attached hydrogens (tertiary/aromatic N) is 5. The molecule has 0 bridgehead atoms. The Kier molecular flexibility index (Phi) is 7.04. The highest BCUT2D eigenvalue weighted by molar-refractivity contribution is 7.90. The molecule has 1 atom stereocenters. The van der Waals surface area contributed by atoms with Crippen LogP contribution in [-0.2, 0) is 15.7 Å². The molecule has 0 unspecified atom stereocenters. The second-order valence-corrected chi connectivity index (χ2v) is 10.5. The maximum absolute atomic E-state index is 13.3. The van der Waals surface area contributed by atoms with Gasteiger partial charge in [0.05, 0.1) is 31.1 Å². The van der Waals surface area contributed by atoms with Gasteiger partial charge in [0.2, 0.25) is 5.82 Å². The Balaban J connectivity index is 1.49. The zero-order chi connectivity index (χ0) is 23.4. The standard InChI is InChI=1S/C23H29FN6O2S/c1-3-4-22(29-15-13-28(14-16-29)20-9-7-19(24)8-10-20)23-25-26-27-30(23)17-33(31,32)21-11-5-18(2)6-12-21/h5-12,22H,3-4,13-17H2,1-2H3/p+1/t22-/m0/s1. The molecule has 0 radical (unpaired) electrons. The van der Waals surface area contributed by atoms with Gasteiger partial charge in [-0.1, -0.05) is 31.0 Å². The van der Waals surface area contributed by atoms with Gasteiger partial charge in [-0.3, -0.25) is 0 Å². The first-order valence-corrected chi connectivity index (χ1v) is 12.9. The molecule has 0 saturated carbocycles. The monoisotopic (exact) mass is 473 g/mol. The van der Waals surface area contributed by atoms with Crippen molar-refractivity contribution in [3.05, 3.63) is 65.7 Å². The lowest BCUT2D eigenvalue weighted by Crippen LogP contribution is -3.15. The highest BCUT2D eigenvalue weighted by atomic mass is 32.2. The zero-order valence-electron chi connectivity index (χ0n) is 19.0. The largest absolute Gasteiger partial charge is 0.360 e. The summed E-state index contributed by atoms with van der Waals surface area (Å²) in [5, 5.41) is 12.1. The van der Waals surface area contributed by atoms with Gasteiger partial charge in [-0.05, 0) is 53.7 Å². The summed E-state index contributed by atoms with van der Waals surface area (Å²) < 4.78 is 40.7. The molecule has 3 aromatic rings. The van der Waals surface area contributed by atoms with E-state index in [9.17, 15) is 12.8 Å². The highest BCUT2D eigenvalue weighted by Crippen LogP contribution is 2.19. The summed E-state index contributed by atoms with van der Waals surface area (Å²) in [5.41, 5.74) is 2.01. The summed E-state index contributed by atoms with van der Waals surface area (Å²) in [6.45, 7) is 7.40. The van der Waals surface area contributed by atoms with E-state index in [2.05, 4.69) is 27.3 Å². The number of hydrogen-bond acceptors (Lipinski definition) is 6. The molecule has 2 heterocycles. The van der Waals surface area contributed by atoms with Gasteiger partial charge < -0.3 is 9.80 Å². The van der Waals surface area contributed by atoms with Gasteiger partial charge >= 0.3 is 0 Å². The highest BCUT2D eigenvalue weighted by Gasteiger charge is 2.33. The molecule has 8 nitrogen and oxygen atoms in total. The van der Waals surface area contributed by atoms with Crippen molar-refractivity contribution in [3.63, 3.8) is 0 Å². The van der Waals surface area contributed by atoms with Crippen molar-refractivity contribution in [1.29, 1.82) is 0 Å². The third-order valence-corrected chi connectivity index (χ3v) is 7.79. The number of sulfone groups is 1. The van der Waals surface area contributed by atoms with Crippen molar-refractivity contribution in [2.45, 2.75) is 43.5 Å². The van der Waals surface area contributed by atoms with E-state index in [-0.39, 0.29) is 22.6 Å². The predicted octanol–water partition coefficient (Wildman–Crippen LogP) is 1.80. The summed E-state index contributed by atoms with van der Waals surface area (Å²) in [7, 11) is -3.58. The lowest BCUT2D eigenvalue weighted by atomic mass is 10.1. The van der Waals surface area contributed by atoms with Crippen LogP contribution in [0.15, 0.2) is 53.4 Å². The molecule has 1 N–H and O–H groups in total. The number of anilines is 1. The molecule has 4 rings (SSSR count). The van der Waals surface area contributed by atoms with Crippen molar-refractivity contribution in [1.82, 2.24) is 20.2 Å². The Hall–Kier alpha value is -2.85. The van der Waals surface area contributed by atoms with Crippen LogP contribution in [-0.4, -0.2) is 54.8 Å². The molecule has 0 aliphatic carbocycles. The first-order chi connectivity index (χ1) is 15.9. The van der Waals surface area contributed by atoms with Gasteiger partial charge in [-0.25, -0.2) is 17.5 Å². The molecule has 10 heteroatoms. The van der Waals surface area contributed by atoms with E-state index >= 15 is 0 Å². The summed E-state index contributed by atoms with van der Waals surface area (Å²) in [4.78, 5) is 3.84. The second-order valence-electron chi connectivity index (χ2n) is 8.56. The van der Waals surface area contributed by atoms with Crippen LogP contribution in [0.25, 0.3) is 0 Å². The Bertz CT molecular complexity index is 1160. The Labute approximate surface area is 193 Å². The minimum Gasteiger partial charge on any atom is -0.360 e. The van der Waals surface area contributed by atoms with Crippen LogP contribution in [0, 0.1) is 12.7 Å². The number of hydrogen-bond donors (Lipinski definition) is 1. The van der Waals surface area contributed by atoms with Gasteiger partial charge in [0.15, 0.2) is 15.7 Å². The lowest BCUT2D eigenvalue weighted by molar-refractivity contribution is -0.933. The van der Waals surface area contributed by atoms with E-state index in [1.807, 2.05) is 6.92 Å². The summed E-state index contributed by atoms with van der Waals surface area (Å²) in [6.07, 6.45) is 1.80. The molecule has 1 fully saturated rings. The first kappa shape index (κ1) is 23.3. The van der Waals surface area contributed by atoms with Crippen LogP contribution in [0.2, 0.25) is 0 Å². The van der Waals surface area contributed by atoms with Gasteiger partial charge in [-0.15, -0.1) is 5.10 Å². The number of rotatable bonds is 8. The average Bonchev–Trinajstić information content (AvgIpc) is 3.25. The number of aromatic nitrogens is 4.